The predicted molar refractivity (Wildman–Crippen MR) is 71.6 cm³/mol. The van der Waals surface area contributed by atoms with Crippen LogP contribution in [0.2, 0.25) is 0 Å². The van der Waals surface area contributed by atoms with Crippen molar-refractivity contribution in [1.29, 1.82) is 0 Å². The molecule has 4 nitrogen and oxygen atoms in total. The quantitative estimate of drug-likeness (QED) is 0.863. The Kier molecular flexibility index (Phi) is 6.80. The van der Waals surface area contributed by atoms with Gasteiger partial charge < -0.3 is 15.8 Å². The Balaban J connectivity index is 0.00000256. The van der Waals surface area contributed by atoms with E-state index in [1.54, 1.807) is 0 Å². The summed E-state index contributed by atoms with van der Waals surface area (Å²) in [6.07, 6.45) is 0. The number of aryl methyl sites for hydroxylation is 2. The molecule has 1 rings (SSSR count). The molecule has 0 aliphatic rings. The van der Waals surface area contributed by atoms with E-state index in [2.05, 4.69) is 5.32 Å². The molecule has 0 spiro atoms. The average molecular weight is 259 g/mol. The lowest BCUT2D eigenvalue weighted by Crippen LogP contribution is -2.39. The first-order chi connectivity index (χ1) is 7.54. The first kappa shape index (κ1) is 15.9. The Bertz CT molecular complexity index is 383. The number of benzene rings is 1. The zero-order valence-corrected chi connectivity index (χ0v) is 11.1. The second-order valence-corrected chi connectivity index (χ2v) is 3.87. The number of amides is 1. The van der Waals surface area contributed by atoms with E-state index in [1.165, 1.54) is 7.11 Å². The standard InChI is InChI=1S/C12H18N2O2.ClH/c1-8-4-5-9(2)11(6-8)14-12(15)10(13)7-16-3;/h4-6,10H,7,13H2,1-3H3,(H,14,15);1H. The number of methoxy groups -OCH3 is 1. The van der Waals surface area contributed by atoms with Crippen molar-refractivity contribution in [2.45, 2.75) is 19.9 Å². The van der Waals surface area contributed by atoms with Crippen LogP contribution in [0.4, 0.5) is 5.69 Å². The van der Waals surface area contributed by atoms with Crippen LogP contribution in [0.25, 0.3) is 0 Å². The minimum Gasteiger partial charge on any atom is -0.383 e. The summed E-state index contributed by atoms with van der Waals surface area (Å²) >= 11 is 0. The predicted octanol–water partition coefficient (Wildman–Crippen LogP) is 1.64. The maximum absolute atomic E-state index is 11.6. The largest absolute Gasteiger partial charge is 0.383 e. The molecule has 1 aromatic rings. The van der Waals surface area contributed by atoms with Gasteiger partial charge in [-0.2, -0.15) is 0 Å². The fraction of sp³-hybridized carbons (Fsp3) is 0.417. The van der Waals surface area contributed by atoms with Crippen molar-refractivity contribution in [2.24, 2.45) is 5.73 Å². The number of carbonyl (C=O) groups is 1. The highest BCUT2D eigenvalue weighted by atomic mass is 35.5. The van der Waals surface area contributed by atoms with Crippen LogP contribution in [0.15, 0.2) is 18.2 Å². The lowest BCUT2D eigenvalue weighted by molar-refractivity contribution is -0.118. The first-order valence-corrected chi connectivity index (χ1v) is 5.17. The molecule has 1 atom stereocenters. The number of hydrogen-bond donors (Lipinski definition) is 2. The van der Waals surface area contributed by atoms with Crippen molar-refractivity contribution in [3.8, 4) is 0 Å². The van der Waals surface area contributed by atoms with Crippen LogP contribution in [-0.2, 0) is 9.53 Å². The lowest BCUT2D eigenvalue weighted by Gasteiger charge is -2.13. The molecule has 0 aromatic heterocycles. The van der Waals surface area contributed by atoms with E-state index in [9.17, 15) is 4.79 Å². The number of hydrogen-bond acceptors (Lipinski definition) is 3. The third kappa shape index (κ3) is 4.73. The second kappa shape index (κ2) is 7.27. The van der Waals surface area contributed by atoms with Gasteiger partial charge in [-0.05, 0) is 31.0 Å². The lowest BCUT2D eigenvalue weighted by atomic mass is 10.1. The summed E-state index contributed by atoms with van der Waals surface area (Å²) in [5, 5.41) is 2.79. The van der Waals surface area contributed by atoms with Gasteiger partial charge in [0.05, 0.1) is 6.61 Å². The van der Waals surface area contributed by atoms with Crippen LogP contribution in [0, 0.1) is 13.8 Å². The molecule has 1 amide bonds. The summed E-state index contributed by atoms with van der Waals surface area (Å²) in [5.41, 5.74) is 8.54. The molecule has 0 fully saturated rings. The van der Waals surface area contributed by atoms with Crippen LogP contribution in [0.5, 0.6) is 0 Å². The Hall–Kier alpha value is -1.10. The van der Waals surface area contributed by atoms with E-state index < -0.39 is 6.04 Å². The van der Waals surface area contributed by atoms with Gasteiger partial charge >= 0.3 is 0 Å². The maximum Gasteiger partial charge on any atom is 0.243 e. The molecule has 3 N–H and O–H groups in total. The van der Waals surface area contributed by atoms with Crippen molar-refractivity contribution < 1.29 is 9.53 Å². The van der Waals surface area contributed by atoms with Gasteiger partial charge in [-0.3, -0.25) is 4.79 Å². The molecule has 0 radical (unpaired) electrons. The molecule has 0 heterocycles. The molecule has 0 aliphatic heterocycles. The van der Waals surface area contributed by atoms with Crippen molar-refractivity contribution in [3.63, 3.8) is 0 Å². The van der Waals surface area contributed by atoms with Gasteiger partial charge in [0.1, 0.15) is 6.04 Å². The van der Waals surface area contributed by atoms with Crippen LogP contribution in [0.1, 0.15) is 11.1 Å². The Morgan fingerprint density at radius 1 is 1.47 bits per heavy atom. The zero-order chi connectivity index (χ0) is 12.1. The van der Waals surface area contributed by atoms with Crippen molar-refractivity contribution in [1.82, 2.24) is 0 Å². The van der Waals surface area contributed by atoms with E-state index in [1.807, 2.05) is 32.0 Å². The van der Waals surface area contributed by atoms with Gasteiger partial charge in [0.15, 0.2) is 0 Å². The SMILES string of the molecule is COCC(N)C(=O)Nc1cc(C)ccc1C.Cl. The zero-order valence-electron chi connectivity index (χ0n) is 10.3. The number of rotatable bonds is 4. The third-order valence-corrected chi connectivity index (χ3v) is 2.33. The summed E-state index contributed by atoms with van der Waals surface area (Å²) < 4.78 is 4.83. The number of nitrogens with two attached hydrogens (primary N) is 1. The monoisotopic (exact) mass is 258 g/mol. The van der Waals surface area contributed by atoms with Crippen molar-refractivity contribution in [3.05, 3.63) is 29.3 Å². The molecule has 1 aromatic carbocycles. The van der Waals surface area contributed by atoms with Crippen LogP contribution < -0.4 is 11.1 Å². The molecule has 0 saturated heterocycles. The van der Waals surface area contributed by atoms with E-state index in [0.717, 1.165) is 16.8 Å². The highest BCUT2D eigenvalue weighted by Gasteiger charge is 2.13. The molecular weight excluding hydrogens is 240 g/mol. The minimum absolute atomic E-state index is 0. The van der Waals surface area contributed by atoms with Gasteiger partial charge in [0.25, 0.3) is 0 Å². The van der Waals surface area contributed by atoms with Crippen LogP contribution in [0.3, 0.4) is 0 Å². The van der Waals surface area contributed by atoms with E-state index in [4.69, 9.17) is 10.5 Å². The second-order valence-electron chi connectivity index (χ2n) is 3.87. The average Bonchev–Trinajstić information content (AvgIpc) is 2.23. The summed E-state index contributed by atoms with van der Waals surface area (Å²) in [4.78, 5) is 11.6. The molecule has 1 unspecified atom stereocenters. The molecule has 0 bridgehead atoms. The van der Waals surface area contributed by atoms with Gasteiger partial charge in [-0.25, -0.2) is 0 Å². The number of carbonyl (C=O) groups excluding carboxylic acids is 1. The normalized spacial score (nSPS) is 11.5. The molecule has 0 aliphatic carbocycles. The fourth-order valence-electron chi connectivity index (χ4n) is 1.35. The topological polar surface area (TPSA) is 64.3 Å². The number of ether oxygens (including phenoxy) is 1. The Morgan fingerprint density at radius 2 is 2.12 bits per heavy atom. The highest BCUT2D eigenvalue weighted by Crippen LogP contribution is 2.16. The number of anilines is 1. The Morgan fingerprint density at radius 3 is 2.71 bits per heavy atom. The van der Waals surface area contributed by atoms with E-state index >= 15 is 0 Å². The van der Waals surface area contributed by atoms with Gasteiger partial charge in [-0.15, -0.1) is 12.4 Å². The molecule has 96 valence electrons. The third-order valence-electron chi connectivity index (χ3n) is 2.33. The number of halogens is 1. The Labute approximate surface area is 108 Å². The summed E-state index contributed by atoms with van der Waals surface area (Å²) in [7, 11) is 1.52. The van der Waals surface area contributed by atoms with E-state index in [-0.39, 0.29) is 24.9 Å². The fourth-order valence-corrected chi connectivity index (χ4v) is 1.35. The molecule has 17 heavy (non-hydrogen) atoms. The minimum atomic E-state index is -0.634. The van der Waals surface area contributed by atoms with Crippen LogP contribution in [-0.4, -0.2) is 25.7 Å². The van der Waals surface area contributed by atoms with Gasteiger partial charge in [0, 0.05) is 12.8 Å². The van der Waals surface area contributed by atoms with Gasteiger partial charge in [-0.1, -0.05) is 12.1 Å². The first-order valence-electron chi connectivity index (χ1n) is 5.17. The molecule has 5 heteroatoms. The summed E-state index contributed by atoms with van der Waals surface area (Å²) in [6.45, 7) is 4.14. The van der Waals surface area contributed by atoms with E-state index in [0.29, 0.717) is 0 Å². The number of nitrogens with one attached hydrogen (secondary N) is 1. The molecular formula is C12H19ClN2O2. The summed E-state index contributed by atoms with van der Waals surface area (Å²) in [5.74, 6) is -0.226. The van der Waals surface area contributed by atoms with Gasteiger partial charge in [0.2, 0.25) is 5.91 Å². The van der Waals surface area contributed by atoms with Crippen LogP contribution >= 0.6 is 12.4 Å². The molecule has 0 saturated carbocycles. The maximum atomic E-state index is 11.6. The highest BCUT2D eigenvalue weighted by molar-refractivity contribution is 5.95. The smallest absolute Gasteiger partial charge is 0.243 e. The van der Waals surface area contributed by atoms with Crippen molar-refractivity contribution >= 4 is 24.0 Å². The summed E-state index contributed by atoms with van der Waals surface area (Å²) in [6, 6.07) is 5.25. The van der Waals surface area contributed by atoms with Crippen molar-refractivity contribution in [2.75, 3.05) is 19.0 Å².